The fourth-order valence-corrected chi connectivity index (χ4v) is 2.57. The number of anilines is 1. The van der Waals surface area contributed by atoms with Gasteiger partial charge in [-0.15, -0.1) is 0 Å². The van der Waals surface area contributed by atoms with Crippen LogP contribution < -0.4 is 10.9 Å². The molecule has 7 nitrogen and oxygen atoms in total. The molecular weight excluding hydrogens is 268 g/mol. The van der Waals surface area contributed by atoms with E-state index in [2.05, 4.69) is 10.3 Å². The molecule has 0 saturated carbocycles. The summed E-state index contributed by atoms with van der Waals surface area (Å²) in [5.41, 5.74) is -0.196. The van der Waals surface area contributed by atoms with Crippen molar-refractivity contribution < 1.29 is 8.42 Å². The normalized spacial score (nSPS) is 11.8. The zero-order chi connectivity index (χ0) is 14.5. The van der Waals surface area contributed by atoms with E-state index in [0.29, 0.717) is 26.1 Å². The first kappa shape index (κ1) is 15.6. The first-order valence-corrected chi connectivity index (χ1v) is 7.91. The minimum Gasteiger partial charge on any atom is -0.365 e. The smallest absolute Gasteiger partial charge is 0.293 e. The van der Waals surface area contributed by atoms with Gasteiger partial charge in [0, 0.05) is 39.1 Å². The molecule has 8 heteroatoms. The second-order valence-electron chi connectivity index (χ2n) is 4.23. The molecule has 0 unspecified atom stereocenters. The van der Waals surface area contributed by atoms with E-state index < -0.39 is 10.0 Å². The van der Waals surface area contributed by atoms with E-state index in [1.165, 1.54) is 15.1 Å². The van der Waals surface area contributed by atoms with E-state index >= 15 is 0 Å². The van der Waals surface area contributed by atoms with Gasteiger partial charge in [0.1, 0.15) is 0 Å². The molecule has 0 aliphatic rings. The lowest BCUT2D eigenvalue weighted by molar-refractivity contribution is 0.428. The number of hydrogen-bond acceptors (Lipinski definition) is 5. The van der Waals surface area contributed by atoms with Crippen LogP contribution in [0.25, 0.3) is 0 Å². The summed E-state index contributed by atoms with van der Waals surface area (Å²) in [5, 5.41) is 2.92. The lowest BCUT2D eigenvalue weighted by Crippen LogP contribution is -2.32. The summed E-state index contributed by atoms with van der Waals surface area (Å²) >= 11 is 0. The summed E-state index contributed by atoms with van der Waals surface area (Å²) in [6.07, 6.45) is 4.92. The molecule has 19 heavy (non-hydrogen) atoms. The van der Waals surface area contributed by atoms with E-state index in [0.717, 1.165) is 0 Å². The van der Waals surface area contributed by atoms with E-state index in [1.807, 2.05) is 0 Å². The van der Waals surface area contributed by atoms with Crippen molar-refractivity contribution in [3.05, 3.63) is 22.7 Å². The lowest BCUT2D eigenvalue weighted by Gasteiger charge is -2.17. The molecule has 1 N–H and O–H groups in total. The summed E-state index contributed by atoms with van der Waals surface area (Å²) in [5.74, 6) is 0.285. The topological polar surface area (TPSA) is 84.3 Å². The predicted molar refractivity (Wildman–Crippen MR) is 74.7 cm³/mol. The third-order valence-corrected chi connectivity index (χ3v) is 4.09. The van der Waals surface area contributed by atoms with Crippen LogP contribution in [-0.4, -0.2) is 48.2 Å². The summed E-state index contributed by atoms with van der Waals surface area (Å²) < 4.78 is 25.6. The van der Waals surface area contributed by atoms with Crippen LogP contribution >= 0.6 is 0 Å². The van der Waals surface area contributed by atoms with Gasteiger partial charge >= 0.3 is 0 Å². The summed E-state index contributed by atoms with van der Waals surface area (Å²) in [7, 11) is -1.50. The van der Waals surface area contributed by atoms with Gasteiger partial charge in [-0.25, -0.2) is 17.7 Å². The Bertz CT molecular complexity index is 568. The molecule has 0 atom stereocenters. The number of hydrogen-bond donors (Lipinski definition) is 1. The Morgan fingerprint density at radius 2 is 2.16 bits per heavy atom. The fraction of sp³-hybridized carbons (Fsp3) is 0.636. The Balaban J connectivity index is 2.47. The quantitative estimate of drug-likeness (QED) is 0.706. The molecule has 1 aromatic rings. The second kappa shape index (κ2) is 6.67. The van der Waals surface area contributed by atoms with Crippen molar-refractivity contribution in [2.75, 3.05) is 31.2 Å². The Labute approximate surface area is 113 Å². The second-order valence-corrected chi connectivity index (χ2v) is 6.21. The number of nitrogens with zero attached hydrogens (tertiary/aromatic N) is 3. The zero-order valence-corrected chi connectivity index (χ0v) is 12.3. The van der Waals surface area contributed by atoms with Crippen molar-refractivity contribution in [1.29, 1.82) is 0 Å². The standard InChI is InChI=1S/C11H20N4O3S/c1-4-15(19(3,17)18)8-5-6-12-10-11(16)14(2)9-7-13-10/h7,9H,4-6,8H2,1-3H3,(H,12,13). The van der Waals surface area contributed by atoms with Crippen LogP contribution in [-0.2, 0) is 17.1 Å². The Morgan fingerprint density at radius 3 is 2.74 bits per heavy atom. The molecule has 0 fully saturated rings. The number of aromatic nitrogens is 2. The number of sulfonamides is 1. The van der Waals surface area contributed by atoms with Crippen LogP contribution in [0.1, 0.15) is 13.3 Å². The van der Waals surface area contributed by atoms with E-state index in [1.54, 1.807) is 26.4 Å². The van der Waals surface area contributed by atoms with Crippen LogP contribution in [0.4, 0.5) is 5.82 Å². The Kier molecular flexibility index (Phi) is 5.49. The van der Waals surface area contributed by atoms with Crippen LogP contribution in [0.3, 0.4) is 0 Å². The molecule has 0 radical (unpaired) electrons. The maximum Gasteiger partial charge on any atom is 0.293 e. The third-order valence-electron chi connectivity index (χ3n) is 2.72. The van der Waals surface area contributed by atoms with Gasteiger partial charge in [-0.05, 0) is 6.42 Å². The van der Waals surface area contributed by atoms with Crippen molar-refractivity contribution in [2.45, 2.75) is 13.3 Å². The Morgan fingerprint density at radius 1 is 1.47 bits per heavy atom. The lowest BCUT2D eigenvalue weighted by atomic mass is 10.4. The molecule has 1 rings (SSSR count). The molecule has 1 aromatic heterocycles. The first-order valence-electron chi connectivity index (χ1n) is 6.07. The molecule has 108 valence electrons. The number of aryl methyl sites for hydroxylation is 1. The largest absolute Gasteiger partial charge is 0.365 e. The molecule has 1 heterocycles. The molecule has 0 aliphatic carbocycles. The van der Waals surface area contributed by atoms with Crippen LogP contribution in [0, 0.1) is 0 Å². The van der Waals surface area contributed by atoms with Crippen molar-refractivity contribution in [1.82, 2.24) is 13.9 Å². The first-order chi connectivity index (χ1) is 8.86. The average Bonchev–Trinajstić information content (AvgIpc) is 2.32. The third kappa shape index (κ3) is 4.64. The van der Waals surface area contributed by atoms with Crippen molar-refractivity contribution in [2.24, 2.45) is 7.05 Å². The maximum absolute atomic E-state index is 11.6. The van der Waals surface area contributed by atoms with Crippen LogP contribution in [0.2, 0.25) is 0 Å². The van der Waals surface area contributed by atoms with E-state index in [9.17, 15) is 13.2 Å². The van der Waals surface area contributed by atoms with Gasteiger partial charge in [-0.2, -0.15) is 0 Å². The van der Waals surface area contributed by atoms with Gasteiger partial charge in [0.15, 0.2) is 5.82 Å². The van der Waals surface area contributed by atoms with Gasteiger partial charge < -0.3 is 9.88 Å². The summed E-state index contributed by atoms with van der Waals surface area (Å²) in [6.45, 7) is 3.17. The van der Waals surface area contributed by atoms with Crippen molar-refractivity contribution in [3.8, 4) is 0 Å². The SMILES string of the molecule is CCN(CCCNc1nccn(C)c1=O)S(C)(=O)=O. The molecule has 0 aromatic carbocycles. The van der Waals surface area contributed by atoms with Crippen LogP contribution in [0.15, 0.2) is 17.2 Å². The zero-order valence-electron chi connectivity index (χ0n) is 11.5. The molecule has 0 saturated heterocycles. The highest BCUT2D eigenvalue weighted by molar-refractivity contribution is 7.88. The maximum atomic E-state index is 11.6. The van der Waals surface area contributed by atoms with Gasteiger partial charge in [0.2, 0.25) is 10.0 Å². The minimum atomic E-state index is -3.15. The molecular formula is C11H20N4O3S. The van der Waals surface area contributed by atoms with Gasteiger partial charge in [0.25, 0.3) is 5.56 Å². The predicted octanol–water partition coefficient (Wildman–Crippen LogP) is -0.136. The van der Waals surface area contributed by atoms with Gasteiger partial charge in [0.05, 0.1) is 6.26 Å². The highest BCUT2D eigenvalue weighted by atomic mass is 32.2. The minimum absolute atomic E-state index is 0.196. The van der Waals surface area contributed by atoms with Crippen molar-refractivity contribution >= 4 is 15.8 Å². The van der Waals surface area contributed by atoms with E-state index in [4.69, 9.17) is 0 Å². The van der Waals surface area contributed by atoms with Gasteiger partial charge in [-0.1, -0.05) is 6.92 Å². The molecule has 0 spiro atoms. The monoisotopic (exact) mass is 288 g/mol. The Hall–Kier alpha value is -1.41. The van der Waals surface area contributed by atoms with Crippen LogP contribution in [0.5, 0.6) is 0 Å². The fourth-order valence-electron chi connectivity index (χ4n) is 1.64. The number of nitrogens with one attached hydrogen (secondary N) is 1. The van der Waals surface area contributed by atoms with E-state index in [-0.39, 0.29) is 11.4 Å². The highest BCUT2D eigenvalue weighted by Crippen LogP contribution is 1.99. The average molecular weight is 288 g/mol. The summed E-state index contributed by atoms with van der Waals surface area (Å²) in [4.78, 5) is 15.6. The van der Waals surface area contributed by atoms with Crippen molar-refractivity contribution in [3.63, 3.8) is 0 Å². The molecule has 0 aliphatic heterocycles. The molecule has 0 bridgehead atoms. The number of rotatable bonds is 7. The summed E-state index contributed by atoms with van der Waals surface area (Å²) in [6, 6.07) is 0. The van der Waals surface area contributed by atoms with Gasteiger partial charge in [-0.3, -0.25) is 4.79 Å². The highest BCUT2D eigenvalue weighted by Gasteiger charge is 2.13. The molecule has 0 amide bonds.